The van der Waals surface area contributed by atoms with Crippen molar-refractivity contribution in [3.63, 3.8) is 0 Å². The normalized spacial score (nSPS) is 34.4. The maximum atomic E-state index is 10.5. The van der Waals surface area contributed by atoms with Crippen LogP contribution in [-0.4, -0.2) is 35.4 Å². The largest absolute Gasteiger partial charge is 0.481 e. The fourth-order valence-corrected chi connectivity index (χ4v) is 8.32. The van der Waals surface area contributed by atoms with Gasteiger partial charge in [0.2, 0.25) is 11.8 Å². The highest BCUT2D eigenvalue weighted by atomic mass is 16.5. The first-order chi connectivity index (χ1) is 21.1. The van der Waals surface area contributed by atoms with E-state index in [1.54, 1.807) is 14.2 Å². The molecule has 0 amide bonds. The highest BCUT2D eigenvalue weighted by molar-refractivity contribution is 5.51. The van der Waals surface area contributed by atoms with Crippen molar-refractivity contribution in [2.75, 3.05) is 14.2 Å². The van der Waals surface area contributed by atoms with E-state index in [9.17, 15) is 5.11 Å². The third kappa shape index (κ3) is 5.02. The van der Waals surface area contributed by atoms with Crippen LogP contribution in [0.1, 0.15) is 70.0 Å². The van der Waals surface area contributed by atoms with Gasteiger partial charge >= 0.3 is 0 Å². The lowest BCUT2D eigenvalue weighted by atomic mass is 9.56. The maximum Gasteiger partial charge on any atom is 0.281 e. The van der Waals surface area contributed by atoms with E-state index in [4.69, 9.17) is 22.6 Å². The molecular weight excluding hydrogens is 548 g/mol. The molecule has 4 bridgehead atoms. The summed E-state index contributed by atoms with van der Waals surface area (Å²) in [4.78, 5) is 17.3. The van der Waals surface area contributed by atoms with Crippen LogP contribution in [0.3, 0.4) is 0 Å². The summed E-state index contributed by atoms with van der Waals surface area (Å²) in [7, 11) is 3.24. The molecule has 7 nitrogen and oxygen atoms in total. The first-order valence-corrected chi connectivity index (χ1v) is 15.5. The van der Waals surface area contributed by atoms with Crippen molar-refractivity contribution in [3.8, 4) is 11.8 Å². The second-order valence-corrected chi connectivity index (χ2v) is 12.5. The van der Waals surface area contributed by atoms with Crippen molar-refractivity contribution in [3.05, 3.63) is 106 Å². The Labute approximate surface area is 263 Å². The van der Waals surface area contributed by atoms with Crippen molar-refractivity contribution in [2.24, 2.45) is 29.6 Å². The summed E-state index contributed by atoms with van der Waals surface area (Å²) in [5.41, 5.74) is 5.24. The number of fused-ring (bicyclic) bond motifs is 8. The van der Waals surface area contributed by atoms with Crippen LogP contribution in [-0.2, 0) is 23.9 Å². The molecule has 0 saturated heterocycles. The molecule has 4 aliphatic carbocycles. The first-order valence-electron chi connectivity index (χ1n) is 15.5. The van der Waals surface area contributed by atoms with E-state index < -0.39 is 17.2 Å². The number of aliphatic hydroxyl groups is 1. The number of ether oxygens (including phenoxy) is 2. The maximum absolute atomic E-state index is 10.5. The molecule has 1 N–H and O–H groups in total. The fraction of sp³-hybridized carbons (Fsp3) is 0.514. The smallest absolute Gasteiger partial charge is 0.281 e. The number of hydrogen-bond acceptors (Lipinski definition) is 5. The first kappa shape index (κ1) is 33.0. The molecule has 2 aromatic heterocycles. The summed E-state index contributed by atoms with van der Waals surface area (Å²) < 4.78 is 10.5. The molecule has 8 atom stereocenters. The Morgan fingerprint density at radius 3 is 1.66 bits per heavy atom. The van der Waals surface area contributed by atoms with Gasteiger partial charge in [-0.3, -0.25) is 0 Å². The standard InChI is InChI=1S/C18H22N2O.C17H20N2O2.C2H4/c1-6-14-13-9-16-15(7-8-17(20-16)21-5)18(14,19-4)10-11(2)12(13)3;1-5-12-11-8-14-13(6-7-15(19-14)21-4)17(12,18-3)9-10(2)16(11)20;1-2/h6-8,11-13H,9-10H2,1-3,5H3;5-7,10-11,16,20H,8-9H2,1-2,4H3;1-2H2/b14-6+;12-5+;/t11-,12-,13+,18?;10-,11-,16-,17?;/m11./s1. The van der Waals surface area contributed by atoms with Gasteiger partial charge in [-0.05, 0) is 62.5 Å². The molecule has 2 unspecified atom stereocenters. The summed E-state index contributed by atoms with van der Waals surface area (Å²) in [6, 6.07) is 7.75. The van der Waals surface area contributed by atoms with Gasteiger partial charge in [-0.2, -0.15) is 0 Å². The lowest BCUT2D eigenvalue weighted by Crippen LogP contribution is -2.49. The molecule has 0 spiro atoms. The molecule has 2 fully saturated rings. The van der Waals surface area contributed by atoms with Gasteiger partial charge in [-0.25, -0.2) is 23.1 Å². The van der Waals surface area contributed by atoms with Crippen LogP contribution in [0, 0.1) is 42.7 Å². The van der Waals surface area contributed by atoms with Gasteiger partial charge in [-0.1, -0.05) is 32.9 Å². The lowest BCUT2D eigenvalue weighted by molar-refractivity contribution is 0.0289. The van der Waals surface area contributed by atoms with Gasteiger partial charge in [-0.15, -0.1) is 13.2 Å². The van der Waals surface area contributed by atoms with Gasteiger partial charge in [0.1, 0.15) is 0 Å². The predicted molar refractivity (Wildman–Crippen MR) is 174 cm³/mol. The summed E-state index contributed by atoms with van der Waals surface area (Å²) in [6.45, 7) is 32.4. The van der Waals surface area contributed by atoms with Crippen LogP contribution in [0.2, 0.25) is 0 Å². The van der Waals surface area contributed by atoms with E-state index in [0.717, 1.165) is 40.9 Å². The van der Waals surface area contributed by atoms with Gasteiger partial charge in [0.05, 0.1) is 42.8 Å². The topological polar surface area (TPSA) is 73.2 Å². The summed E-state index contributed by atoms with van der Waals surface area (Å²) in [5.74, 6) is 2.90. The Bertz CT molecular complexity index is 1420. The van der Waals surface area contributed by atoms with Gasteiger partial charge in [0.15, 0.2) is 0 Å². The minimum atomic E-state index is -0.662. The Balaban J connectivity index is 0.000000190. The molecular formula is C37H46N4O3. The number of rotatable bonds is 2. The minimum Gasteiger partial charge on any atom is -0.481 e. The number of allylic oxidation sites excluding steroid dienone is 2. The second kappa shape index (κ2) is 13.0. The van der Waals surface area contributed by atoms with Crippen molar-refractivity contribution in [1.29, 1.82) is 0 Å². The molecule has 44 heavy (non-hydrogen) atoms. The summed E-state index contributed by atoms with van der Waals surface area (Å²) in [6.07, 6.45) is 6.93. The fourth-order valence-electron chi connectivity index (χ4n) is 8.32. The highest BCUT2D eigenvalue weighted by Gasteiger charge is 2.59. The zero-order valence-corrected chi connectivity index (χ0v) is 27.2. The van der Waals surface area contributed by atoms with Crippen LogP contribution in [0.5, 0.6) is 11.8 Å². The molecule has 4 aliphatic rings. The SMILES string of the molecule is C=C.[C-]#[N+]C12C[C@@H](C)[C@@H](C)[C@H](Cc3nc(OC)ccc31)/C2=C\C.[C-]#[N+]C12C[C@@H](C)[C@@H](O)[C@H](Cc3nc(OC)ccc31)/C2=C\C. The molecule has 232 valence electrons. The molecule has 2 saturated carbocycles. The van der Waals surface area contributed by atoms with E-state index in [-0.39, 0.29) is 11.8 Å². The van der Waals surface area contributed by atoms with Crippen LogP contribution in [0.25, 0.3) is 9.69 Å². The van der Waals surface area contributed by atoms with Crippen LogP contribution < -0.4 is 9.47 Å². The molecule has 6 rings (SSSR count). The van der Waals surface area contributed by atoms with Crippen LogP contribution in [0.15, 0.2) is 60.7 Å². The quantitative estimate of drug-likeness (QED) is 0.288. The second-order valence-electron chi connectivity index (χ2n) is 12.5. The summed E-state index contributed by atoms with van der Waals surface area (Å²) >= 11 is 0. The van der Waals surface area contributed by atoms with E-state index in [1.165, 1.54) is 5.57 Å². The molecule has 0 radical (unpaired) electrons. The zero-order chi connectivity index (χ0) is 32.4. The highest BCUT2D eigenvalue weighted by Crippen LogP contribution is 2.57. The Kier molecular flexibility index (Phi) is 9.71. The van der Waals surface area contributed by atoms with E-state index in [1.807, 2.05) is 38.1 Å². The number of aliphatic hydroxyl groups excluding tert-OH is 1. The Hall–Kier alpha value is -3.94. The monoisotopic (exact) mass is 594 g/mol. The molecule has 0 aromatic carbocycles. The number of nitrogens with zero attached hydrogens (tertiary/aromatic N) is 4. The average molecular weight is 595 g/mol. The predicted octanol–water partition coefficient (Wildman–Crippen LogP) is 7.53. The third-order valence-corrected chi connectivity index (χ3v) is 10.6. The Morgan fingerprint density at radius 1 is 0.795 bits per heavy atom. The van der Waals surface area contributed by atoms with E-state index >= 15 is 0 Å². The third-order valence-electron chi connectivity index (χ3n) is 10.6. The zero-order valence-electron chi connectivity index (χ0n) is 27.2. The summed E-state index contributed by atoms with van der Waals surface area (Å²) in [5, 5.41) is 10.5. The minimum absolute atomic E-state index is 0.0139. The average Bonchev–Trinajstić information content (AvgIpc) is 3.06. The molecule has 7 heteroatoms. The number of aromatic nitrogens is 2. The van der Waals surface area contributed by atoms with Gasteiger partial charge in [0, 0.05) is 42.0 Å². The van der Waals surface area contributed by atoms with E-state index in [2.05, 4.69) is 65.7 Å². The van der Waals surface area contributed by atoms with Crippen LogP contribution in [0.4, 0.5) is 0 Å². The molecule has 2 aromatic rings. The Morgan fingerprint density at radius 2 is 1.23 bits per heavy atom. The lowest BCUT2D eigenvalue weighted by Gasteiger charge is -2.46. The van der Waals surface area contributed by atoms with Crippen molar-refractivity contribution in [2.45, 2.75) is 77.5 Å². The van der Waals surface area contributed by atoms with Crippen molar-refractivity contribution >= 4 is 0 Å². The molecule has 0 aliphatic heterocycles. The number of methoxy groups -OCH3 is 2. The number of hydrogen-bond donors (Lipinski definition) is 1. The molecule has 2 heterocycles. The van der Waals surface area contributed by atoms with E-state index in [0.29, 0.717) is 42.4 Å². The van der Waals surface area contributed by atoms with Crippen molar-refractivity contribution < 1.29 is 14.6 Å². The van der Waals surface area contributed by atoms with Crippen molar-refractivity contribution in [1.82, 2.24) is 9.97 Å². The van der Waals surface area contributed by atoms with Gasteiger partial charge in [0.25, 0.3) is 11.1 Å². The number of pyridine rings is 2. The van der Waals surface area contributed by atoms with Gasteiger partial charge < -0.3 is 24.3 Å². The van der Waals surface area contributed by atoms with Crippen LogP contribution >= 0.6 is 0 Å².